The van der Waals surface area contributed by atoms with Gasteiger partial charge in [0.15, 0.2) is 0 Å². The molecule has 2 N–H and O–H groups in total. The molecule has 0 unspecified atom stereocenters. The standard InChI is InChI=1S/C20H19N3O3/c1-21-19(24)11-23-9-8-13-6-7-14(10-17(13)23)22-20(25)16-12-26-18-5-3-2-4-15(16)18/h2-10,16H,11-12H2,1H3,(H,21,24)(H,22,25)/t16-/m0/s1. The average molecular weight is 349 g/mol. The number of benzene rings is 2. The first-order valence-corrected chi connectivity index (χ1v) is 8.48. The first-order valence-electron chi connectivity index (χ1n) is 8.48. The Kier molecular flexibility index (Phi) is 4.08. The van der Waals surface area contributed by atoms with Crippen LogP contribution in [0.1, 0.15) is 11.5 Å². The Morgan fingerprint density at radius 1 is 1.19 bits per heavy atom. The number of nitrogens with one attached hydrogen (secondary N) is 2. The van der Waals surface area contributed by atoms with Crippen molar-refractivity contribution in [3.8, 4) is 5.75 Å². The van der Waals surface area contributed by atoms with Crippen LogP contribution in [0.3, 0.4) is 0 Å². The second kappa shape index (κ2) is 6.55. The molecular formula is C20H19N3O3. The number of amides is 2. The van der Waals surface area contributed by atoms with Crippen LogP contribution in [0.15, 0.2) is 54.7 Å². The second-order valence-corrected chi connectivity index (χ2v) is 6.28. The van der Waals surface area contributed by atoms with E-state index >= 15 is 0 Å². The van der Waals surface area contributed by atoms with Gasteiger partial charge >= 0.3 is 0 Å². The summed E-state index contributed by atoms with van der Waals surface area (Å²) in [6.45, 7) is 0.585. The zero-order chi connectivity index (χ0) is 18.1. The van der Waals surface area contributed by atoms with Crippen LogP contribution in [0.5, 0.6) is 5.75 Å². The van der Waals surface area contributed by atoms with E-state index in [4.69, 9.17) is 4.74 Å². The van der Waals surface area contributed by atoms with E-state index in [1.807, 2.05) is 59.3 Å². The fourth-order valence-electron chi connectivity index (χ4n) is 3.24. The molecule has 4 rings (SSSR count). The third-order valence-corrected chi connectivity index (χ3v) is 4.65. The topological polar surface area (TPSA) is 72.4 Å². The molecule has 6 heteroatoms. The van der Waals surface area contributed by atoms with Crippen molar-refractivity contribution in [3.05, 3.63) is 60.3 Å². The summed E-state index contributed by atoms with van der Waals surface area (Å²) in [4.78, 5) is 24.4. The van der Waals surface area contributed by atoms with E-state index in [1.165, 1.54) is 0 Å². The normalized spacial score (nSPS) is 15.3. The molecule has 3 aromatic rings. The van der Waals surface area contributed by atoms with Crippen LogP contribution >= 0.6 is 0 Å². The lowest BCUT2D eigenvalue weighted by atomic mass is 10.0. The number of nitrogens with zero attached hydrogens (tertiary/aromatic N) is 1. The van der Waals surface area contributed by atoms with Crippen molar-refractivity contribution in [2.45, 2.75) is 12.5 Å². The van der Waals surface area contributed by atoms with E-state index < -0.39 is 0 Å². The van der Waals surface area contributed by atoms with Crippen molar-refractivity contribution < 1.29 is 14.3 Å². The molecular weight excluding hydrogens is 330 g/mol. The Balaban J connectivity index is 1.57. The predicted molar refractivity (Wildman–Crippen MR) is 99.3 cm³/mol. The van der Waals surface area contributed by atoms with Crippen LogP contribution in [-0.4, -0.2) is 30.0 Å². The molecule has 1 atom stereocenters. The molecule has 0 bridgehead atoms. The number of hydrogen-bond acceptors (Lipinski definition) is 3. The maximum atomic E-state index is 12.7. The Hall–Kier alpha value is -3.28. The number of para-hydroxylation sites is 1. The molecule has 0 radical (unpaired) electrons. The quantitative estimate of drug-likeness (QED) is 0.760. The summed E-state index contributed by atoms with van der Waals surface area (Å²) in [6, 6.07) is 15.2. The van der Waals surface area contributed by atoms with Crippen molar-refractivity contribution in [3.63, 3.8) is 0 Å². The third kappa shape index (κ3) is 2.90. The van der Waals surface area contributed by atoms with Gasteiger partial charge in [-0.05, 0) is 29.7 Å². The maximum Gasteiger partial charge on any atom is 0.239 e. The SMILES string of the molecule is CNC(=O)Cn1ccc2ccc(NC(=O)[C@H]3COc4ccccc43)cc21. The van der Waals surface area contributed by atoms with Crippen molar-refractivity contribution in [1.29, 1.82) is 0 Å². The van der Waals surface area contributed by atoms with Gasteiger partial charge in [0.2, 0.25) is 11.8 Å². The van der Waals surface area contributed by atoms with Crippen LogP contribution in [0.25, 0.3) is 10.9 Å². The molecule has 1 aliphatic heterocycles. The zero-order valence-electron chi connectivity index (χ0n) is 14.4. The highest BCUT2D eigenvalue weighted by molar-refractivity contribution is 5.98. The molecule has 132 valence electrons. The summed E-state index contributed by atoms with van der Waals surface area (Å²) >= 11 is 0. The van der Waals surface area contributed by atoms with E-state index in [0.29, 0.717) is 12.3 Å². The summed E-state index contributed by atoms with van der Waals surface area (Å²) < 4.78 is 7.45. The molecule has 2 amide bonds. The highest BCUT2D eigenvalue weighted by Gasteiger charge is 2.30. The number of rotatable bonds is 4. The zero-order valence-corrected chi connectivity index (χ0v) is 14.4. The largest absolute Gasteiger partial charge is 0.492 e. The van der Waals surface area contributed by atoms with Crippen LogP contribution in [0.2, 0.25) is 0 Å². The van der Waals surface area contributed by atoms with E-state index in [0.717, 1.165) is 22.2 Å². The van der Waals surface area contributed by atoms with E-state index in [-0.39, 0.29) is 24.3 Å². The molecule has 0 aliphatic carbocycles. The number of aromatic nitrogens is 1. The number of carbonyl (C=O) groups excluding carboxylic acids is 2. The van der Waals surface area contributed by atoms with Crippen LogP contribution in [0, 0.1) is 0 Å². The maximum absolute atomic E-state index is 12.7. The van der Waals surface area contributed by atoms with Crippen molar-refractivity contribution in [1.82, 2.24) is 9.88 Å². The van der Waals surface area contributed by atoms with Gasteiger partial charge in [0, 0.05) is 24.5 Å². The summed E-state index contributed by atoms with van der Waals surface area (Å²) in [5.74, 6) is 0.275. The number of ether oxygens (including phenoxy) is 1. The number of anilines is 1. The van der Waals surface area contributed by atoms with Gasteiger partial charge in [-0.15, -0.1) is 0 Å². The molecule has 1 aromatic heterocycles. The third-order valence-electron chi connectivity index (χ3n) is 4.65. The fourth-order valence-corrected chi connectivity index (χ4v) is 3.24. The molecule has 2 aromatic carbocycles. The predicted octanol–water partition coefficient (Wildman–Crippen LogP) is 2.50. The lowest BCUT2D eigenvalue weighted by molar-refractivity contribution is -0.121. The lowest BCUT2D eigenvalue weighted by Gasteiger charge is -2.11. The minimum absolute atomic E-state index is 0.0725. The number of fused-ring (bicyclic) bond motifs is 2. The first kappa shape index (κ1) is 16.2. The van der Waals surface area contributed by atoms with Crippen molar-refractivity contribution >= 4 is 28.4 Å². The van der Waals surface area contributed by atoms with E-state index in [2.05, 4.69) is 10.6 Å². The molecule has 0 fully saturated rings. The van der Waals surface area contributed by atoms with Gasteiger partial charge < -0.3 is 19.9 Å². The monoisotopic (exact) mass is 349 g/mol. The fraction of sp³-hybridized carbons (Fsp3) is 0.200. The van der Waals surface area contributed by atoms with Gasteiger partial charge in [0.25, 0.3) is 0 Å². The van der Waals surface area contributed by atoms with Crippen LogP contribution in [0.4, 0.5) is 5.69 Å². The van der Waals surface area contributed by atoms with Crippen LogP contribution < -0.4 is 15.4 Å². The summed E-state index contributed by atoms with van der Waals surface area (Å²) in [5, 5.41) is 6.60. The van der Waals surface area contributed by atoms with Crippen LogP contribution in [-0.2, 0) is 16.1 Å². The summed E-state index contributed by atoms with van der Waals surface area (Å²) in [7, 11) is 1.61. The van der Waals surface area contributed by atoms with Gasteiger partial charge in [-0.25, -0.2) is 0 Å². The minimum atomic E-state index is -0.320. The average Bonchev–Trinajstić information content (AvgIpc) is 3.26. The molecule has 0 saturated carbocycles. The van der Waals surface area contributed by atoms with Crippen molar-refractivity contribution in [2.75, 3.05) is 19.0 Å². The van der Waals surface area contributed by atoms with Gasteiger partial charge in [-0.3, -0.25) is 9.59 Å². The highest BCUT2D eigenvalue weighted by Crippen LogP contribution is 2.34. The lowest BCUT2D eigenvalue weighted by Crippen LogP contribution is -2.23. The molecule has 0 saturated heterocycles. The first-order chi connectivity index (χ1) is 12.7. The number of likely N-dealkylation sites (N-methyl/N-ethyl adjacent to an activating group) is 1. The van der Waals surface area contributed by atoms with Gasteiger partial charge in [0.05, 0.1) is 5.52 Å². The minimum Gasteiger partial charge on any atom is -0.492 e. The second-order valence-electron chi connectivity index (χ2n) is 6.28. The van der Waals surface area contributed by atoms with Gasteiger partial charge in [-0.2, -0.15) is 0 Å². The van der Waals surface area contributed by atoms with Crippen molar-refractivity contribution in [2.24, 2.45) is 0 Å². The smallest absolute Gasteiger partial charge is 0.239 e. The molecule has 2 heterocycles. The highest BCUT2D eigenvalue weighted by atomic mass is 16.5. The summed E-state index contributed by atoms with van der Waals surface area (Å²) in [6.07, 6.45) is 1.87. The van der Waals surface area contributed by atoms with E-state index in [1.54, 1.807) is 7.05 Å². The van der Waals surface area contributed by atoms with Gasteiger partial charge in [0.1, 0.15) is 24.8 Å². The molecule has 1 aliphatic rings. The summed E-state index contributed by atoms with van der Waals surface area (Å²) in [5.41, 5.74) is 2.51. The Labute approximate surface area is 150 Å². The molecule has 6 nitrogen and oxygen atoms in total. The van der Waals surface area contributed by atoms with Gasteiger partial charge in [-0.1, -0.05) is 24.3 Å². The van der Waals surface area contributed by atoms with E-state index in [9.17, 15) is 9.59 Å². The Morgan fingerprint density at radius 2 is 2.04 bits per heavy atom. The Morgan fingerprint density at radius 3 is 2.88 bits per heavy atom. The molecule has 26 heavy (non-hydrogen) atoms. The Bertz CT molecular complexity index is 993. The molecule has 0 spiro atoms. The number of hydrogen-bond donors (Lipinski definition) is 2. The number of carbonyl (C=O) groups is 2.